The summed E-state index contributed by atoms with van der Waals surface area (Å²) in [4.78, 5) is 46.1. The van der Waals surface area contributed by atoms with Crippen LogP contribution in [0.5, 0.6) is 0 Å². The van der Waals surface area contributed by atoms with E-state index in [1.807, 2.05) is 6.26 Å². The van der Waals surface area contributed by atoms with Crippen LogP contribution in [-0.2, 0) is 17.8 Å². The number of amides is 3. The third kappa shape index (κ3) is 3.10. The van der Waals surface area contributed by atoms with E-state index in [9.17, 15) is 14.4 Å². The maximum absolute atomic E-state index is 13.0. The van der Waals surface area contributed by atoms with Gasteiger partial charge in [-0.15, -0.1) is 23.1 Å². The van der Waals surface area contributed by atoms with Gasteiger partial charge in [-0.05, 0) is 30.4 Å². The van der Waals surface area contributed by atoms with Crippen LogP contribution in [0.25, 0.3) is 0 Å². The molecule has 0 radical (unpaired) electrons. The van der Waals surface area contributed by atoms with Crippen LogP contribution in [0.4, 0.5) is 5.00 Å². The van der Waals surface area contributed by atoms with E-state index in [-0.39, 0.29) is 24.3 Å². The fourth-order valence-electron chi connectivity index (χ4n) is 3.42. The first-order chi connectivity index (χ1) is 13.0. The Morgan fingerprint density at radius 1 is 1.33 bits per heavy atom. The highest BCUT2D eigenvalue weighted by Crippen LogP contribution is 2.39. The summed E-state index contributed by atoms with van der Waals surface area (Å²) >= 11 is 2.84. The summed E-state index contributed by atoms with van der Waals surface area (Å²) in [5.74, 6) is -0.400. The van der Waals surface area contributed by atoms with Gasteiger partial charge in [0.25, 0.3) is 11.8 Å². The van der Waals surface area contributed by atoms with Crippen molar-refractivity contribution in [2.45, 2.75) is 18.0 Å². The molecule has 4 heterocycles. The fourth-order valence-corrected chi connectivity index (χ4v) is 5.24. The number of thioether (sulfide) groups is 1. The number of nitrogens with zero attached hydrogens (tertiary/aromatic N) is 3. The van der Waals surface area contributed by atoms with Gasteiger partial charge in [-0.25, -0.2) is 4.98 Å². The molecular formula is C18H18N4O3S2. The van der Waals surface area contributed by atoms with E-state index < -0.39 is 0 Å². The molecule has 2 aliphatic heterocycles. The monoisotopic (exact) mass is 402 g/mol. The maximum Gasteiger partial charge on any atom is 0.257 e. The Hall–Kier alpha value is -2.39. The van der Waals surface area contributed by atoms with Crippen LogP contribution in [0.1, 0.15) is 31.2 Å². The number of hydrogen-bond donors (Lipinski definition) is 1. The number of likely N-dealkylation sites (N-methyl/N-ethyl adjacent to an activating group) is 1. The van der Waals surface area contributed by atoms with Crippen LogP contribution in [0.15, 0.2) is 23.4 Å². The standard InChI is InChI=1S/C18H18N4O3S2/c1-21-9-13(23)20-16-14(18(21)25)10-5-7-22(8-12(10)27-16)17(24)11-4-3-6-19-15(11)26-2/h3-4,6H,5,7-9H2,1-2H3,(H,20,23). The number of aromatic nitrogens is 1. The number of carbonyl (C=O) groups is 3. The molecular weight excluding hydrogens is 384 g/mol. The van der Waals surface area contributed by atoms with Crippen LogP contribution in [-0.4, -0.2) is 58.9 Å². The van der Waals surface area contributed by atoms with E-state index in [4.69, 9.17) is 0 Å². The van der Waals surface area contributed by atoms with E-state index in [2.05, 4.69) is 10.3 Å². The second-order valence-electron chi connectivity index (χ2n) is 6.45. The number of rotatable bonds is 2. The number of hydrogen-bond acceptors (Lipinski definition) is 6. The van der Waals surface area contributed by atoms with Gasteiger partial charge in [-0.3, -0.25) is 14.4 Å². The third-order valence-electron chi connectivity index (χ3n) is 4.73. The van der Waals surface area contributed by atoms with Crippen LogP contribution in [0.3, 0.4) is 0 Å². The van der Waals surface area contributed by atoms with Crippen molar-refractivity contribution in [3.8, 4) is 0 Å². The molecule has 0 unspecified atom stereocenters. The average molecular weight is 403 g/mol. The summed E-state index contributed by atoms with van der Waals surface area (Å²) in [6.07, 6.45) is 4.17. The molecule has 2 aliphatic rings. The zero-order valence-electron chi connectivity index (χ0n) is 14.9. The number of nitrogens with one attached hydrogen (secondary N) is 1. The zero-order chi connectivity index (χ0) is 19.1. The first-order valence-electron chi connectivity index (χ1n) is 8.47. The summed E-state index contributed by atoms with van der Waals surface area (Å²) in [7, 11) is 1.63. The summed E-state index contributed by atoms with van der Waals surface area (Å²) in [6.45, 7) is 1.02. The van der Waals surface area contributed by atoms with Crippen molar-refractivity contribution in [2.24, 2.45) is 0 Å². The summed E-state index contributed by atoms with van der Waals surface area (Å²) < 4.78 is 0. The number of pyridine rings is 1. The minimum atomic E-state index is -0.198. The van der Waals surface area contributed by atoms with Crippen LogP contribution >= 0.6 is 23.1 Å². The van der Waals surface area contributed by atoms with E-state index >= 15 is 0 Å². The Balaban J connectivity index is 1.65. The summed E-state index contributed by atoms with van der Waals surface area (Å²) in [6, 6.07) is 3.55. The topological polar surface area (TPSA) is 82.6 Å². The van der Waals surface area contributed by atoms with Gasteiger partial charge in [0.1, 0.15) is 10.0 Å². The highest BCUT2D eigenvalue weighted by Gasteiger charge is 2.34. The molecule has 27 heavy (non-hydrogen) atoms. The van der Waals surface area contributed by atoms with E-state index in [0.717, 1.165) is 10.4 Å². The third-order valence-corrected chi connectivity index (χ3v) is 6.58. The second-order valence-corrected chi connectivity index (χ2v) is 8.35. The molecule has 0 aliphatic carbocycles. The van der Waals surface area contributed by atoms with Crippen molar-refractivity contribution in [3.05, 3.63) is 39.9 Å². The highest BCUT2D eigenvalue weighted by molar-refractivity contribution is 7.98. The van der Waals surface area contributed by atoms with E-state index in [1.54, 1.807) is 30.3 Å². The predicted molar refractivity (Wildman–Crippen MR) is 104 cm³/mol. The Bertz CT molecular complexity index is 956. The second kappa shape index (κ2) is 6.97. The van der Waals surface area contributed by atoms with Gasteiger partial charge in [0.15, 0.2) is 0 Å². The molecule has 0 spiro atoms. The molecule has 7 nitrogen and oxygen atoms in total. The van der Waals surface area contributed by atoms with Crippen LogP contribution in [0, 0.1) is 0 Å². The average Bonchev–Trinajstić information content (AvgIpc) is 2.98. The number of carbonyl (C=O) groups excluding carboxylic acids is 3. The van der Waals surface area contributed by atoms with E-state index in [1.165, 1.54) is 28.0 Å². The predicted octanol–water partition coefficient (Wildman–Crippen LogP) is 2.09. The first kappa shape index (κ1) is 18.0. The molecule has 2 aromatic rings. The number of anilines is 1. The van der Waals surface area contributed by atoms with Gasteiger partial charge in [-0.2, -0.15) is 0 Å². The Labute approximate surface area is 164 Å². The maximum atomic E-state index is 13.0. The Morgan fingerprint density at radius 3 is 2.93 bits per heavy atom. The van der Waals surface area contributed by atoms with Gasteiger partial charge in [0.05, 0.1) is 24.2 Å². The molecule has 4 rings (SSSR count). The number of fused-ring (bicyclic) bond motifs is 3. The molecule has 0 aromatic carbocycles. The first-order valence-corrected chi connectivity index (χ1v) is 10.5. The summed E-state index contributed by atoms with van der Waals surface area (Å²) in [5.41, 5.74) is 2.13. The van der Waals surface area contributed by atoms with Gasteiger partial charge < -0.3 is 15.1 Å². The number of thiophene rings is 1. The van der Waals surface area contributed by atoms with Crippen molar-refractivity contribution >= 4 is 45.8 Å². The smallest absolute Gasteiger partial charge is 0.257 e. The lowest BCUT2D eigenvalue weighted by atomic mass is 10.0. The highest BCUT2D eigenvalue weighted by atomic mass is 32.2. The quantitative estimate of drug-likeness (QED) is 0.778. The van der Waals surface area contributed by atoms with Gasteiger partial charge in [-0.1, -0.05) is 0 Å². The molecule has 9 heteroatoms. The lowest BCUT2D eigenvalue weighted by Gasteiger charge is -2.28. The van der Waals surface area contributed by atoms with Gasteiger partial charge in [0, 0.05) is 24.7 Å². The van der Waals surface area contributed by atoms with Crippen LogP contribution in [0.2, 0.25) is 0 Å². The van der Waals surface area contributed by atoms with Crippen molar-refractivity contribution in [1.29, 1.82) is 0 Å². The molecule has 1 N–H and O–H groups in total. The molecule has 0 saturated carbocycles. The largest absolute Gasteiger partial charge is 0.333 e. The normalized spacial score (nSPS) is 16.5. The van der Waals surface area contributed by atoms with Crippen molar-refractivity contribution in [3.63, 3.8) is 0 Å². The summed E-state index contributed by atoms with van der Waals surface area (Å²) in [5, 5.41) is 4.14. The molecule has 0 saturated heterocycles. The van der Waals surface area contributed by atoms with Crippen LogP contribution < -0.4 is 5.32 Å². The van der Waals surface area contributed by atoms with Gasteiger partial charge in [0.2, 0.25) is 5.91 Å². The minimum absolute atomic E-state index is 0.0537. The van der Waals surface area contributed by atoms with Crippen molar-refractivity contribution < 1.29 is 14.4 Å². The lowest BCUT2D eigenvalue weighted by molar-refractivity contribution is -0.116. The zero-order valence-corrected chi connectivity index (χ0v) is 16.6. The molecule has 0 bridgehead atoms. The Morgan fingerprint density at radius 2 is 2.15 bits per heavy atom. The molecule has 2 aromatic heterocycles. The Kier molecular flexibility index (Phi) is 4.65. The van der Waals surface area contributed by atoms with Crippen molar-refractivity contribution in [1.82, 2.24) is 14.8 Å². The molecule has 140 valence electrons. The van der Waals surface area contributed by atoms with Gasteiger partial charge >= 0.3 is 0 Å². The fraction of sp³-hybridized carbons (Fsp3) is 0.333. The minimum Gasteiger partial charge on any atom is -0.333 e. The van der Waals surface area contributed by atoms with E-state index in [0.29, 0.717) is 40.7 Å². The SMILES string of the molecule is CSc1ncccc1C(=O)N1CCc2c(sc3c2C(=O)N(C)CC(=O)N3)C1. The molecule has 0 fully saturated rings. The lowest BCUT2D eigenvalue weighted by Crippen LogP contribution is -2.37. The molecule has 3 amide bonds. The molecule has 0 atom stereocenters. The van der Waals surface area contributed by atoms with Crippen molar-refractivity contribution in [2.75, 3.05) is 31.7 Å².